The first-order valence-corrected chi connectivity index (χ1v) is 4.37. The summed E-state index contributed by atoms with van der Waals surface area (Å²) in [5.41, 5.74) is 5.49. The monoisotopic (exact) mass is 166 g/mol. The summed E-state index contributed by atoms with van der Waals surface area (Å²) in [5, 5.41) is 3.40. The number of rotatable bonds is 3. The van der Waals surface area contributed by atoms with Crippen molar-refractivity contribution in [1.82, 2.24) is 15.3 Å². The fraction of sp³-hybridized carbons (Fsp3) is 0.625. The number of aromatic amines is 1. The van der Waals surface area contributed by atoms with Crippen molar-refractivity contribution in [3.63, 3.8) is 0 Å². The van der Waals surface area contributed by atoms with Gasteiger partial charge in [-0.25, -0.2) is 4.98 Å². The van der Waals surface area contributed by atoms with Crippen LogP contribution in [0.25, 0.3) is 0 Å². The van der Waals surface area contributed by atoms with E-state index in [9.17, 15) is 0 Å². The number of anilines is 1. The van der Waals surface area contributed by atoms with E-state index in [2.05, 4.69) is 15.3 Å². The van der Waals surface area contributed by atoms with Crippen LogP contribution in [0.1, 0.15) is 25.1 Å². The molecular formula is C8H14N4. The smallest absolute Gasteiger partial charge is 0.121 e. The van der Waals surface area contributed by atoms with Gasteiger partial charge in [0.05, 0.1) is 12.7 Å². The van der Waals surface area contributed by atoms with Gasteiger partial charge in [-0.15, -0.1) is 0 Å². The molecule has 1 aromatic rings. The van der Waals surface area contributed by atoms with Crippen LogP contribution in [-0.4, -0.2) is 16.0 Å². The number of hydrogen-bond acceptors (Lipinski definition) is 3. The van der Waals surface area contributed by atoms with Crippen molar-refractivity contribution in [1.29, 1.82) is 0 Å². The highest BCUT2D eigenvalue weighted by molar-refractivity contribution is 5.24. The Morgan fingerprint density at radius 3 is 3.00 bits per heavy atom. The van der Waals surface area contributed by atoms with E-state index in [1.54, 1.807) is 6.20 Å². The summed E-state index contributed by atoms with van der Waals surface area (Å²) in [6, 6.07) is 0.705. The van der Waals surface area contributed by atoms with Gasteiger partial charge in [-0.05, 0) is 12.8 Å². The van der Waals surface area contributed by atoms with Gasteiger partial charge in [0.1, 0.15) is 11.6 Å². The SMILES string of the molecule is Nc1cnc(CNC2CCC2)[nH]1. The number of nitrogens with zero attached hydrogens (tertiary/aromatic N) is 1. The van der Waals surface area contributed by atoms with Crippen molar-refractivity contribution in [2.24, 2.45) is 0 Å². The van der Waals surface area contributed by atoms with Crippen LogP contribution in [0.5, 0.6) is 0 Å². The van der Waals surface area contributed by atoms with Gasteiger partial charge >= 0.3 is 0 Å². The molecule has 1 saturated carbocycles. The Morgan fingerprint density at radius 2 is 2.50 bits per heavy atom. The second-order valence-corrected chi connectivity index (χ2v) is 3.29. The number of aromatic nitrogens is 2. The van der Waals surface area contributed by atoms with Crippen LogP contribution in [-0.2, 0) is 6.54 Å². The minimum absolute atomic E-state index is 0.639. The highest BCUT2D eigenvalue weighted by atomic mass is 15.0. The van der Waals surface area contributed by atoms with E-state index in [0.29, 0.717) is 11.9 Å². The predicted molar refractivity (Wildman–Crippen MR) is 47.5 cm³/mol. The van der Waals surface area contributed by atoms with Crippen molar-refractivity contribution in [2.45, 2.75) is 31.8 Å². The van der Waals surface area contributed by atoms with Crippen LogP contribution in [0.3, 0.4) is 0 Å². The zero-order chi connectivity index (χ0) is 8.39. The fourth-order valence-electron chi connectivity index (χ4n) is 1.32. The van der Waals surface area contributed by atoms with Gasteiger partial charge in [0, 0.05) is 6.04 Å². The fourth-order valence-corrected chi connectivity index (χ4v) is 1.32. The molecule has 2 rings (SSSR count). The average molecular weight is 166 g/mol. The van der Waals surface area contributed by atoms with Crippen LogP contribution >= 0.6 is 0 Å². The Labute approximate surface area is 71.6 Å². The molecule has 4 N–H and O–H groups in total. The molecule has 0 aromatic carbocycles. The Bertz CT molecular complexity index is 251. The summed E-state index contributed by atoms with van der Waals surface area (Å²) >= 11 is 0. The van der Waals surface area contributed by atoms with E-state index in [0.717, 1.165) is 12.4 Å². The summed E-state index contributed by atoms with van der Waals surface area (Å²) in [7, 11) is 0. The van der Waals surface area contributed by atoms with Gasteiger partial charge in [0.25, 0.3) is 0 Å². The minimum Gasteiger partial charge on any atom is -0.384 e. The molecule has 0 aliphatic heterocycles. The lowest BCUT2D eigenvalue weighted by atomic mass is 9.93. The van der Waals surface area contributed by atoms with E-state index in [-0.39, 0.29) is 0 Å². The normalized spacial score (nSPS) is 17.7. The molecule has 1 fully saturated rings. The van der Waals surface area contributed by atoms with Crippen molar-refractivity contribution in [3.05, 3.63) is 12.0 Å². The Morgan fingerprint density at radius 1 is 1.67 bits per heavy atom. The van der Waals surface area contributed by atoms with E-state index in [4.69, 9.17) is 5.73 Å². The van der Waals surface area contributed by atoms with Gasteiger partial charge in [0.2, 0.25) is 0 Å². The van der Waals surface area contributed by atoms with Crippen molar-refractivity contribution >= 4 is 5.82 Å². The highest BCUT2D eigenvalue weighted by Crippen LogP contribution is 2.18. The number of nitrogens with one attached hydrogen (secondary N) is 2. The number of H-pyrrole nitrogens is 1. The largest absolute Gasteiger partial charge is 0.384 e. The molecule has 0 bridgehead atoms. The lowest BCUT2D eigenvalue weighted by molar-refractivity contribution is 0.336. The van der Waals surface area contributed by atoms with Crippen LogP contribution in [0, 0.1) is 0 Å². The first kappa shape index (κ1) is 7.61. The Balaban J connectivity index is 1.79. The van der Waals surface area contributed by atoms with Gasteiger partial charge in [-0.2, -0.15) is 0 Å². The van der Waals surface area contributed by atoms with Gasteiger partial charge in [-0.3, -0.25) is 0 Å². The molecule has 0 amide bonds. The zero-order valence-corrected chi connectivity index (χ0v) is 7.01. The summed E-state index contributed by atoms with van der Waals surface area (Å²) in [5.74, 6) is 1.57. The summed E-state index contributed by atoms with van der Waals surface area (Å²) < 4.78 is 0. The molecule has 1 aliphatic carbocycles. The standard InChI is InChI=1S/C8H14N4/c9-7-4-11-8(12-7)5-10-6-2-1-3-6/h4,6,10H,1-3,5,9H2,(H,11,12). The minimum atomic E-state index is 0.639. The summed E-state index contributed by atoms with van der Waals surface area (Å²) in [6.45, 7) is 0.807. The molecule has 12 heavy (non-hydrogen) atoms. The number of nitrogen functional groups attached to an aromatic ring is 1. The highest BCUT2D eigenvalue weighted by Gasteiger charge is 2.16. The van der Waals surface area contributed by atoms with E-state index in [1.807, 2.05) is 0 Å². The average Bonchev–Trinajstić information content (AvgIpc) is 2.32. The number of imidazole rings is 1. The van der Waals surface area contributed by atoms with Gasteiger partial charge in [0.15, 0.2) is 0 Å². The molecule has 0 spiro atoms. The molecular weight excluding hydrogens is 152 g/mol. The van der Waals surface area contributed by atoms with E-state index >= 15 is 0 Å². The van der Waals surface area contributed by atoms with Crippen LogP contribution < -0.4 is 11.1 Å². The molecule has 0 unspecified atom stereocenters. The van der Waals surface area contributed by atoms with Gasteiger partial charge in [-0.1, -0.05) is 6.42 Å². The molecule has 0 atom stereocenters. The molecule has 1 aliphatic rings. The molecule has 4 heteroatoms. The Hall–Kier alpha value is -1.03. The van der Waals surface area contributed by atoms with Crippen molar-refractivity contribution in [2.75, 3.05) is 5.73 Å². The maximum Gasteiger partial charge on any atom is 0.121 e. The Kier molecular flexibility index (Phi) is 1.99. The van der Waals surface area contributed by atoms with Crippen molar-refractivity contribution < 1.29 is 0 Å². The van der Waals surface area contributed by atoms with Crippen molar-refractivity contribution in [3.8, 4) is 0 Å². The molecule has 66 valence electrons. The first-order valence-electron chi connectivity index (χ1n) is 4.37. The lowest BCUT2D eigenvalue weighted by Gasteiger charge is -2.25. The van der Waals surface area contributed by atoms with E-state index in [1.165, 1.54) is 19.3 Å². The predicted octanol–water partition coefficient (Wildman–Crippen LogP) is 0.634. The van der Waals surface area contributed by atoms with E-state index < -0.39 is 0 Å². The summed E-state index contributed by atoms with van der Waals surface area (Å²) in [4.78, 5) is 7.09. The molecule has 1 heterocycles. The number of hydrogen-bond donors (Lipinski definition) is 3. The van der Waals surface area contributed by atoms with Crippen LogP contribution in [0.4, 0.5) is 5.82 Å². The third-order valence-electron chi connectivity index (χ3n) is 2.31. The first-order chi connectivity index (χ1) is 5.84. The second-order valence-electron chi connectivity index (χ2n) is 3.29. The maximum atomic E-state index is 5.49. The molecule has 1 aromatic heterocycles. The van der Waals surface area contributed by atoms with Gasteiger partial charge < -0.3 is 16.0 Å². The third kappa shape index (κ3) is 1.58. The quantitative estimate of drug-likeness (QED) is 0.617. The third-order valence-corrected chi connectivity index (χ3v) is 2.31. The summed E-state index contributed by atoms with van der Waals surface area (Å²) in [6.07, 6.45) is 5.61. The van der Waals surface area contributed by atoms with Crippen LogP contribution in [0.15, 0.2) is 6.20 Å². The molecule has 0 saturated heterocycles. The zero-order valence-electron chi connectivity index (χ0n) is 7.01. The molecule has 4 nitrogen and oxygen atoms in total. The molecule has 0 radical (unpaired) electrons. The topological polar surface area (TPSA) is 66.7 Å². The lowest BCUT2D eigenvalue weighted by Crippen LogP contribution is -2.34. The maximum absolute atomic E-state index is 5.49. The second kappa shape index (κ2) is 3.15. The van der Waals surface area contributed by atoms with Crippen LogP contribution in [0.2, 0.25) is 0 Å². The number of nitrogens with two attached hydrogens (primary N) is 1.